The van der Waals surface area contributed by atoms with Gasteiger partial charge >= 0.3 is 5.97 Å². The molecule has 0 saturated heterocycles. The van der Waals surface area contributed by atoms with Gasteiger partial charge in [-0.1, -0.05) is 43.1 Å². The third-order valence-electron chi connectivity index (χ3n) is 2.28. The van der Waals surface area contributed by atoms with Crippen LogP contribution in [-0.4, -0.2) is 12.6 Å². The summed E-state index contributed by atoms with van der Waals surface area (Å²) in [6, 6.07) is 8.84. The molecule has 0 aromatic heterocycles. The van der Waals surface area contributed by atoms with Crippen LogP contribution in [0.25, 0.3) is 6.08 Å². The smallest absolute Gasteiger partial charge is 0.348 e. The van der Waals surface area contributed by atoms with Gasteiger partial charge in [0.15, 0.2) is 0 Å². The average Bonchev–Trinajstić information content (AvgIpc) is 2.38. The van der Waals surface area contributed by atoms with Crippen molar-refractivity contribution in [2.45, 2.75) is 19.8 Å². The molecular weight excluding hydrogens is 250 g/mol. The summed E-state index contributed by atoms with van der Waals surface area (Å²) in [5.41, 5.74) is 0.586. The van der Waals surface area contributed by atoms with Gasteiger partial charge in [0.1, 0.15) is 11.6 Å². The van der Waals surface area contributed by atoms with E-state index in [0.717, 1.165) is 12.8 Å². The van der Waals surface area contributed by atoms with E-state index >= 15 is 0 Å². The van der Waals surface area contributed by atoms with E-state index in [1.807, 2.05) is 13.0 Å². The molecule has 4 heteroatoms. The highest BCUT2D eigenvalue weighted by Gasteiger charge is 2.11. The molecule has 18 heavy (non-hydrogen) atoms. The van der Waals surface area contributed by atoms with Crippen LogP contribution in [0.3, 0.4) is 0 Å². The predicted molar refractivity (Wildman–Crippen MR) is 70.9 cm³/mol. The molecule has 0 N–H and O–H groups in total. The van der Waals surface area contributed by atoms with Gasteiger partial charge < -0.3 is 4.74 Å². The van der Waals surface area contributed by atoms with Crippen molar-refractivity contribution >= 4 is 23.6 Å². The number of benzene rings is 1. The van der Waals surface area contributed by atoms with Gasteiger partial charge in [-0.15, -0.1) is 0 Å². The topological polar surface area (TPSA) is 50.1 Å². The molecule has 94 valence electrons. The van der Waals surface area contributed by atoms with Gasteiger partial charge in [0.2, 0.25) is 0 Å². The molecule has 0 bridgehead atoms. The SMILES string of the molecule is CCCCOC(=O)C(C#N)=Cc1ccccc1Cl. The van der Waals surface area contributed by atoms with Crippen LogP contribution >= 0.6 is 11.6 Å². The summed E-state index contributed by atoms with van der Waals surface area (Å²) in [7, 11) is 0. The molecule has 3 nitrogen and oxygen atoms in total. The number of hydrogen-bond donors (Lipinski definition) is 0. The van der Waals surface area contributed by atoms with Crippen molar-refractivity contribution in [2.75, 3.05) is 6.61 Å². The van der Waals surface area contributed by atoms with Crippen LogP contribution in [0.1, 0.15) is 25.3 Å². The lowest BCUT2D eigenvalue weighted by atomic mass is 10.1. The van der Waals surface area contributed by atoms with E-state index in [0.29, 0.717) is 17.2 Å². The standard InChI is InChI=1S/C14H14ClNO2/c1-2-3-8-18-14(17)12(10-16)9-11-6-4-5-7-13(11)15/h4-7,9H,2-3,8H2,1H3. The zero-order valence-corrected chi connectivity index (χ0v) is 10.9. The van der Waals surface area contributed by atoms with Crippen LogP contribution in [0, 0.1) is 11.3 Å². The maximum absolute atomic E-state index is 11.6. The van der Waals surface area contributed by atoms with Crippen molar-refractivity contribution in [3.05, 3.63) is 40.4 Å². The van der Waals surface area contributed by atoms with Gasteiger partial charge in [-0.3, -0.25) is 0 Å². The van der Waals surface area contributed by atoms with Gasteiger partial charge in [0, 0.05) is 5.02 Å². The molecule has 0 aliphatic heterocycles. The number of nitriles is 1. The highest BCUT2D eigenvalue weighted by atomic mass is 35.5. The number of esters is 1. The Hall–Kier alpha value is -1.79. The fourth-order valence-corrected chi connectivity index (χ4v) is 1.46. The second kappa shape index (κ2) is 7.52. The van der Waals surface area contributed by atoms with E-state index in [2.05, 4.69) is 0 Å². The zero-order valence-electron chi connectivity index (χ0n) is 10.1. The van der Waals surface area contributed by atoms with Gasteiger partial charge in [-0.25, -0.2) is 4.79 Å². The number of unbranched alkanes of at least 4 members (excludes halogenated alkanes) is 1. The minimum absolute atomic E-state index is 0.0424. The molecule has 1 aromatic carbocycles. The molecule has 0 radical (unpaired) electrons. The van der Waals surface area contributed by atoms with E-state index in [1.165, 1.54) is 6.08 Å². The minimum Gasteiger partial charge on any atom is -0.462 e. The maximum atomic E-state index is 11.6. The Morgan fingerprint density at radius 1 is 1.50 bits per heavy atom. The van der Waals surface area contributed by atoms with Crippen molar-refractivity contribution in [3.63, 3.8) is 0 Å². The molecule has 0 saturated carbocycles. The van der Waals surface area contributed by atoms with Crippen LogP contribution in [0.15, 0.2) is 29.8 Å². The van der Waals surface area contributed by atoms with Gasteiger partial charge in [-0.2, -0.15) is 5.26 Å². The van der Waals surface area contributed by atoms with E-state index in [4.69, 9.17) is 21.6 Å². The molecule has 0 aliphatic carbocycles. The predicted octanol–water partition coefficient (Wildman–Crippen LogP) is 3.59. The monoisotopic (exact) mass is 263 g/mol. The van der Waals surface area contributed by atoms with E-state index in [1.54, 1.807) is 24.3 Å². The first-order chi connectivity index (χ1) is 8.69. The Kier molecular flexibility index (Phi) is 5.96. The van der Waals surface area contributed by atoms with E-state index in [9.17, 15) is 4.79 Å². The molecule has 0 atom stereocenters. The molecule has 0 fully saturated rings. The molecule has 1 rings (SSSR count). The highest BCUT2D eigenvalue weighted by Crippen LogP contribution is 2.18. The summed E-state index contributed by atoms with van der Waals surface area (Å²) in [6.07, 6.45) is 3.16. The summed E-state index contributed by atoms with van der Waals surface area (Å²) in [4.78, 5) is 11.6. The first-order valence-corrected chi connectivity index (χ1v) is 6.10. The maximum Gasteiger partial charge on any atom is 0.348 e. The molecule has 0 spiro atoms. The lowest BCUT2D eigenvalue weighted by Crippen LogP contribution is -2.07. The first-order valence-electron chi connectivity index (χ1n) is 5.72. The van der Waals surface area contributed by atoms with Crippen LogP contribution in [0.2, 0.25) is 5.02 Å². The molecule has 0 heterocycles. The number of hydrogen-bond acceptors (Lipinski definition) is 3. The van der Waals surface area contributed by atoms with Crippen molar-refractivity contribution < 1.29 is 9.53 Å². The third kappa shape index (κ3) is 4.23. The van der Waals surface area contributed by atoms with Crippen LogP contribution < -0.4 is 0 Å². The zero-order chi connectivity index (χ0) is 13.4. The molecule has 0 unspecified atom stereocenters. The van der Waals surface area contributed by atoms with Gasteiger partial charge in [-0.05, 0) is 24.1 Å². The normalized spacial score (nSPS) is 10.8. The summed E-state index contributed by atoms with van der Waals surface area (Å²) >= 11 is 5.95. The number of ether oxygens (including phenoxy) is 1. The lowest BCUT2D eigenvalue weighted by Gasteiger charge is -2.03. The van der Waals surface area contributed by atoms with E-state index in [-0.39, 0.29) is 5.57 Å². The van der Waals surface area contributed by atoms with Crippen LogP contribution in [0.4, 0.5) is 0 Å². The third-order valence-corrected chi connectivity index (χ3v) is 2.62. The summed E-state index contributed by atoms with van der Waals surface area (Å²) in [5.74, 6) is -0.606. The highest BCUT2D eigenvalue weighted by molar-refractivity contribution is 6.32. The fourth-order valence-electron chi connectivity index (χ4n) is 1.27. The largest absolute Gasteiger partial charge is 0.462 e. The number of carbonyl (C=O) groups excluding carboxylic acids is 1. The molecule has 1 aromatic rings. The first kappa shape index (κ1) is 14.3. The summed E-state index contributed by atoms with van der Waals surface area (Å²) < 4.78 is 4.97. The fraction of sp³-hybridized carbons (Fsp3) is 0.286. The number of nitrogens with zero attached hydrogens (tertiary/aromatic N) is 1. The lowest BCUT2D eigenvalue weighted by molar-refractivity contribution is -0.138. The summed E-state index contributed by atoms with van der Waals surface area (Å²) in [6.45, 7) is 2.33. The van der Waals surface area contributed by atoms with Crippen molar-refractivity contribution in [1.29, 1.82) is 5.26 Å². The van der Waals surface area contributed by atoms with Crippen molar-refractivity contribution in [2.24, 2.45) is 0 Å². The number of halogens is 1. The Morgan fingerprint density at radius 3 is 2.83 bits per heavy atom. The number of carbonyl (C=O) groups is 1. The van der Waals surface area contributed by atoms with Crippen LogP contribution in [0.5, 0.6) is 0 Å². The Balaban J connectivity index is 2.81. The quantitative estimate of drug-likeness (QED) is 0.353. The molecular formula is C14H14ClNO2. The second-order valence-electron chi connectivity index (χ2n) is 3.68. The van der Waals surface area contributed by atoms with Gasteiger partial charge in [0.25, 0.3) is 0 Å². The Labute approximate surface area is 112 Å². The van der Waals surface area contributed by atoms with Crippen molar-refractivity contribution in [1.82, 2.24) is 0 Å². The average molecular weight is 264 g/mol. The minimum atomic E-state index is -0.606. The van der Waals surface area contributed by atoms with Gasteiger partial charge in [0.05, 0.1) is 6.61 Å². The second-order valence-corrected chi connectivity index (χ2v) is 4.09. The van der Waals surface area contributed by atoms with Crippen molar-refractivity contribution in [3.8, 4) is 6.07 Å². The molecule has 0 aliphatic rings. The van der Waals surface area contributed by atoms with Crippen LogP contribution in [-0.2, 0) is 9.53 Å². The van der Waals surface area contributed by atoms with E-state index < -0.39 is 5.97 Å². The molecule has 0 amide bonds. The number of rotatable bonds is 5. The summed E-state index contributed by atoms with van der Waals surface area (Å²) in [5, 5.41) is 9.44. The Bertz CT molecular complexity index is 489. The Morgan fingerprint density at radius 2 is 2.22 bits per heavy atom.